The largest absolute Gasteiger partial charge is 0.350 e. The Kier molecular flexibility index (Phi) is 6.19. The van der Waals surface area contributed by atoms with E-state index in [-0.39, 0.29) is 11.1 Å². The van der Waals surface area contributed by atoms with Crippen LogP contribution in [0.25, 0.3) is 0 Å². The van der Waals surface area contributed by atoms with Crippen LogP contribution in [-0.2, 0) is 0 Å². The maximum absolute atomic E-state index is 4.63. The fraction of sp³-hybridized carbons (Fsp3) is 0.500. The van der Waals surface area contributed by atoms with Crippen LogP contribution in [-0.4, -0.2) is 21.0 Å². The minimum absolute atomic E-state index is 0.0529. The number of aryl methyl sites for hydroxylation is 2. The van der Waals surface area contributed by atoms with Gasteiger partial charge in [-0.1, -0.05) is 6.07 Å². The molecule has 0 spiro atoms. The quantitative estimate of drug-likeness (QED) is 0.606. The van der Waals surface area contributed by atoms with E-state index in [4.69, 9.17) is 0 Å². The van der Waals surface area contributed by atoms with Gasteiger partial charge in [-0.05, 0) is 85.0 Å². The molecule has 0 fully saturated rings. The van der Waals surface area contributed by atoms with E-state index in [0.29, 0.717) is 5.95 Å². The van der Waals surface area contributed by atoms with Gasteiger partial charge in [0, 0.05) is 33.4 Å². The van der Waals surface area contributed by atoms with Gasteiger partial charge in [0.15, 0.2) is 0 Å². The molecule has 2 rings (SSSR count). The number of aromatic nitrogens is 2. The molecule has 1 aromatic heterocycles. The summed E-state index contributed by atoms with van der Waals surface area (Å²) in [7, 11) is 0. The first-order valence-electron chi connectivity index (χ1n) is 8.86. The smallest absolute Gasteiger partial charge is 0.225 e. The monoisotopic (exact) mass is 373 g/mol. The van der Waals surface area contributed by atoms with Crippen molar-refractivity contribution in [3.63, 3.8) is 0 Å². The molecule has 1 aromatic carbocycles. The summed E-state index contributed by atoms with van der Waals surface area (Å²) in [5.74, 6) is 1.44. The van der Waals surface area contributed by atoms with Gasteiger partial charge in [0.1, 0.15) is 5.82 Å². The lowest BCUT2D eigenvalue weighted by Gasteiger charge is -2.21. The molecule has 5 nitrogen and oxygen atoms in total. The van der Waals surface area contributed by atoms with Gasteiger partial charge >= 0.3 is 0 Å². The summed E-state index contributed by atoms with van der Waals surface area (Å²) < 4.78 is 3.47. The SMILES string of the molecule is Cc1ccc(Nc2nc(NC(C)(C)C)ncc2C)cc1SNC(C)(C)C. The van der Waals surface area contributed by atoms with Crippen LogP contribution in [0.1, 0.15) is 52.7 Å². The van der Waals surface area contributed by atoms with Gasteiger partial charge in [-0.25, -0.2) is 4.98 Å². The second-order valence-electron chi connectivity index (χ2n) is 8.66. The molecule has 0 saturated carbocycles. The van der Waals surface area contributed by atoms with Crippen LogP contribution in [0.3, 0.4) is 0 Å². The van der Waals surface area contributed by atoms with E-state index in [1.807, 2.05) is 13.1 Å². The number of rotatable bonds is 5. The summed E-state index contributed by atoms with van der Waals surface area (Å²) in [6.07, 6.45) is 1.84. The number of hydrogen-bond donors (Lipinski definition) is 3. The lowest BCUT2D eigenvalue weighted by Crippen LogP contribution is -2.29. The predicted octanol–water partition coefficient (Wildman–Crippen LogP) is 5.44. The lowest BCUT2D eigenvalue weighted by atomic mass is 10.1. The highest BCUT2D eigenvalue weighted by molar-refractivity contribution is 7.97. The first-order valence-corrected chi connectivity index (χ1v) is 9.68. The Balaban J connectivity index is 2.21. The molecule has 0 aliphatic rings. The number of nitrogens with one attached hydrogen (secondary N) is 3. The Hall–Kier alpha value is -1.79. The molecule has 0 aliphatic carbocycles. The van der Waals surface area contributed by atoms with Crippen molar-refractivity contribution in [2.24, 2.45) is 0 Å². The summed E-state index contributed by atoms with van der Waals surface area (Å²) >= 11 is 1.66. The third-order valence-electron chi connectivity index (χ3n) is 3.38. The first-order chi connectivity index (χ1) is 11.9. The van der Waals surface area contributed by atoms with Crippen LogP contribution in [0.15, 0.2) is 29.3 Å². The van der Waals surface area contributed by atoms with E-state index < -0.39 is 0 Å². The van der Waals surface area contributed by atoms with E-state index in [2.05, 4.69) is 92.0 Å². The number of benzene rings is 1. The van der Waals surface area contributed by atoms with Gasteiger partial charge in [-0.15, -0.1) is 0 Å². The summed E-state index contributed by atoms with van der Waals surface area (Å²) in [6.45, 7) is 16.9. The molecule has 0 radical (unpaired) electrons. The predicted molar refractivity (Wildman–Crippen MR) is 113 cm³/mol. The molecular formula is C20H31N5S. The summed E-state index contributed by atoms with van der Waals surface area (Å²) in [5, 5.41) is 6.75. The fourth-order valence-electron chi connectivity index (χ4n) is 2.10. The second kappa shape index (κ2) is 7.84. The topological polar surface area (TPSA) is 61.9 Å². The molecule has 6 heteroatoms. The van der Waals surface area contributed by atoms with Gasteiger partial charge in [0.25, 0.3) is 0 Å². The van der Waals surface area contributed by atoms with Crippen molar-refractivity contribution in [1.82, 2.24) is 14.7 Å². The average Bonchev–Trinajstić information content (AvgIpc) is 2.49. The highest BCUT2D eigenvalue weighted by Gasteiger charge is 2.14. The lowest BCUT2D eigenvalue weighted by molar-refractivity contribution is 0.535. The van der Waals surface area contributed by atoms with Gasteiger partial charge in [0.05, 0.1) is 0 Å². The maximum Gasteiger partial charge on any atom is 0.225 e. The van der Waals surface area contributed by atoms with Crippen molar-refractivity contribution < 1.29 is 0 Å². The number of anilines is 3. The van der Waals surface area contributed by atoms with E-state index in [9.17, 15) is 0 Å². The van der Waals surface area contributed by atoms with Crippen molar-refractivity contribution in [2.45, 2.75) is 71.4 Å². The zero-order valence-electron chi connectivity index (χ0n) is 17.1. The normalized spacial score (nSPS) is 12.2. The Morgan fingerprint density at radius 3 is 2.23 bits per heavy atom. The van der Waals surface area contributed by atoms with Crippen molar-refractivity contribution >= 4 is 29.4 Å². The van der Waals surface area contributed by atoms with Crippen LogP contribution in [0, 0.1) is 13.8 Å². The molecular weight excluding hydrogens is 342 g/mol. The van der Waals surface area contributed by atoms with Gasteiger partial charge in [-0.3, -0.25) is 4.72 Å². The van der Waals surface area contributed by atoms with Gasteiger partial charge in [-0.2, -0.15) is 4.98 Å². The van der Waals surface area contributed by atoms with Crippen LogP contribution >= 0.6 is 11.9 Å². The molecule has 0 atom stereocenters. The van der Waals surface area contributed by atoms with Crippen molar-refractivity contribution in [1.29, 1.82) is 0 Å². The van der Waals surface area contributed by atoms with E-state index in [1.54, 1.807) is 11.9 Å². The van der Waals surface area contributed by atoms with Gasteiger partial charge < -0.3 is 10.6 Å². The van der Waals surface area contributed by atoms with Crippen molar-refractivity contribution in [3.8, 4) is 0 Å². The Labute approximate surface area is 161 Å². The van der Waals surface area contributed by atoms with Crippen LogP contribution in [0.4, 0.5) is 17.5 Å². The first kappa shape index (κ1) is 20.5. The Morgan fingerprint density at radius 2 is 1.62 bits per heavy atom. The highest BCUT2D eigenvalue weighted by Crippen LogP contribution is 2.28. The number of hydrogen-bond acceptors (Lipinski definition) is 6. The third kappa shape index (κ3) is 6.50. The highest BCUT2D eigenvalue weighted by atomic mass is 32.2. The van der Waals surface area contributed by atoms with Crippen molar-refractivity contribution in [3.05, 3.63) is 35.5 Å². The summed E-state index contributed by atoms with van der Waals surface area (Å²) in [5.41, 5.74) is 3.23. The standard InChI is InChI=1S/C20H31N5S/c1-13-9-10-15(11-16(13)26-25-20(6,7)8)22-17-14(2)12-21-18(23-17)24-19(3,4)5/h9-12,25H,1-8H3,(H2,21,22,23,24). The molecule has 26 heavy (non-hydrogen) atoms. The molecule has 2 aromatic rings. The van der Waals surface area contributed by atoms with E-state index in [0.717, 1.165) is 17.1 Å². The maximum atomic E-state index is 4.63. The molecule has 0 aliphatic heterocycles. The summed E-state index contributed by atoms with van der Waals surface area (Å²) in [6, 6.07) is 6.35. The Bertz CT molecular complexity index is 760. The summed E-state index contributed by atoms with van der Waals surface area (Å²) in [4.78, 5) is 10.2. The third-order valence-corrected chi connectivity index (χ3v) is 4.75. The number of nitrogens with zero attached hydrogens (tertiary/aromatic N) is 2. The van der Waals surface area contributed by atoms with E-state index >= 15 is 0 Å². The molecule has 0 unspecified atom stereocenters. The van der Waals surface area contributed by atoms with E-state index in [1.165, 1.54) is 10.5 Å². The molecule has 1 heterocycles. The van der Waals surface area contributed by atoms with Crippen LogP contribution in [0.5, 0.6) is 0 Å². The second-order valence-corrected chi connectivity index (χ2v) is 9.51. The zero-order chi connectivity index (χ0) is 19.5. The molecule has 3 N–H and O–H groups in total. The van der Waals surface area contributed by atoms with Crippen LogP contribution in [0.2, 0.25) is 0 Å². The minimum atomic E-state index is -0.0845. The fourth-order valence-corrected chi connectivity index (χ4v) is 2.93. The zero-order valence-corrected chi connectivity index (χ0v) is 17.9. The molecule has 142 valence electrons. The van der Waals surface area contributed by atoms with Gasteiger partial charge in [0.2, 0.25) is 5.95 Å². The van der Waals surface area contributed by atoms with Crippen LogP contribution < -0.4 is 15.4 Å². The molecule has 0 bridgehead atoms. The average molecular weight is 374 g/mol. The van der Waals surface area contributed by atoms with Crippen molar-refractivity contribution in [2.75, 3.05) is 10.6 Å². The molecule has 0 amide bonds. The molecule has 0 saturated heterocycles. The Morgan fingerprint density at radius 1 is 0.923 bits per heavy atom. The minimum Gasteiger partial charge on any atom is -0.350 e.